The van der Waals surface area contributed by atoms with Gasteiger partial charge < -0.3 is 20.1 Å². The average molecular weight is 328 g/mol. The molecule has 2 atom stereocenters. The molecule has 136 valence electrons. The summed E-state index contributed by atoms with van der Waals surface area (Å²) < 4.78 is 5.43. The highest BCUT2D eigenvalue weighted by Gasteiger charge is 2.27. The Bertz CT molecular complexity index is 345. The van der Waals surface area contributed by atoms with Crippen molar-refractivity contribution < 1.29 is 14.6 Å². The Morgan fingerprint density at radius 3 is 2.43 bits per heavy atom. The van der Waals surface area contributed by atoms with Crippen LogP contribution in [0.2, 0.25) is 0 Å². The minimum atomic E-state index is -0.418. The highest BCUT2D eigenvalue weighted by atomic mass is 16.6. The Morgan fingerprint density at radius 2 is 1.91 bits per heavy atom. The number of aliphatic hydroxyl groups excluding tert-OH is 1. The van der Waals surface area contributed by atoms with Crippen LogP contribution in [0.15, 0.2) is 0 Å². The topological polar surface area (TPSA) is 61.8 Å². The van der Waals surface area contributed by atoms with Crippen molar-refractivity contribution in [1.29, 1.82) is 0 Å². The number of amides is 1. The highest BCUT2D eigenvalue weighted by molar-refractivity contribution is 5.68. The molecule has 1 fully saturated rings. The summed E-state index contributed by atoms with van der Waals surface area (Å²) in [5.74, 6) is 0.674. The fourth-order valence-corrected chi connectivity index (χ4v) is 3.01. The van der Waals surface area contributed by atoms with Gasteiger partial charge in [0.15, 0.2) is 0 Å². The molecule has 1 aliphatic heterocycles. The van der Waals surface area contributed by atoms with Gasteiger partial charge in [0.1, 0.15) is 5.60 Å². The maximum atomic E-state index is 12.0. The molecule has 0 aromatic heterocycles. The van der Waals surface area contributed by atoms with E-state index in [1.165, 1.54) is 0 Å². The SMILES string of the molecule is CC(O)CCCNC(C)CC1CCN(C(=O)OC(C)(C)C)CC1. The van der Waals surface area contributed by atoms with Crippen LogP contribution >= 0.6 is 0 Å². The van der Waals surface area contributed by atoms with Gasteiger partial charge in [-0.25, -0.2) is 4.79 Å². The number of hydrogen-bond donors (Lipinski definition) is 2. The van der Waals surface area contributed by atoms with Crippen LogP contribution in [0.4, 0.5) is 4.79 Å². The van der Waals surface area contributed by atoms with Gasteiger partial charge in [-0.1, -0.05) is 0 Å². The molecule has 1 rings (SSSR count). The van der Waals surface area contributed by atoms with E-state index in [1.54, 1.807) is 0 Å². The van der Waals surface area contributed by atoms with Crippen LogP contribution < -0.4 is 5.32 Å². The van der Waals surface area contributed by atoms with Crippen molar-refractivity contribution in [2.75, 3.05) is 19.6 Å². The molecule has 0 aromatic carbocycles. The zero-order valence-electron chi connectivity index (χ0n) is 15.6. The van der Waals surface area contributed by atoms with Crippen LogP contribution in [0.3, 0.4) is 0 Å². The van der Waals surface area contributed by atoms with Crippen LogP contribution in [-0.2, 0) is 4.74 Å². The minimum Gasteiger partial charge on any atom is -0.444 e. The molecule has 0 aromatic rings. The fraction of sp³-hybridized carbons (Fsp3) is 0.944. The molecular weight excluding hydrogens is 292 g/mol. The Kier molecular flexibility index (Phi) is 8.34. The van der Waals surface area contributed by atoms with Crippen molar-refractivity contribution in [3.05, 3.63) is 0 Å². The van der Waals surface area contributed by atoms with Crippen LogP contribution in [0.1, 0.15) is 66.7 Å². The van der Waals surface area contributed by atoms with E-state index in [2.05, 4.69) is 12.2 Å². The molecule has 1 amide bonds. The van der Waals surface area contributed by atoms with Crippen molar-refractivity contribution >= 4 is 6.09 Å². The minimum absolute atomic E-state index is 0.180. The van der Waals surface area contributed by atoms with Crippen molar-refractivity contribution in [3.8, 4) is 0 Å². The first-order valence-electron chi connectivity index (χ1n) is 9.06. The Hall–Kier alpha value is -0.810. The van der Waals surface area contributed by atoms with Crippen molar-refractivity contribution in [3.63, 3.8) is 0 Å². The van der Waals surface area contributed by atoms with Gasteiger partial charge in [-0.05, 0) is 79.2 Å². The lowest BCUT2D eigenvalue weighted by Crippen LogP contribution is -2.42. The lowest BCUT2D eigenvalue weighted by Gasteiger charge is -2.34. The number of hydrogen-bond acceptors (Lipinski definition) is 4. The quantitative estimate of drug-likeness (QED) is 0.705. The molecule has 23 heavy (non-hydrogen) atoms. The summed E-state index contributed by atoms with van der Waals surface area (Å²) in [6, 6.07) is 0.488. The normalized spacial score (nSPS) is 19.5. The van der Waals surface area contributed by atoms with Crippen molar-refractivity contribution in [2.24, 2.45) is 5.92 Å². The number of nitrogens with zero attached hydrogens (tertiary/aromatic N) is 1. The largest absolute Gasteiger partial charge is 0.444 e. The number of piperidine rings is 1. The van der Waals surface area contributed by atoms with Gasteiger partial charge in [0.2, 0.25) is 0 Å². The Morgan fingerprint density at radius 1 is 1.30 bits per heavy atom. The predicted molar refractivity (Wildman–Crippen MR) is 93.5 cm³/mol. The summed E-state index contributed by atoms with van der Waals surface area (Å²) >= 11 is 0. The first-order valence-corrected chi connectivity index (χ1v) is 9.06. The molecule has 0 aliphatic carbocycles. The third-order valence-electron chi connectivity index (χ3n) is 4.24. The van der Waals surface area contributed by atoms with E-state index in [0.717, 1.165) is 51.7 Å². The third kappa shape index (κ3) is 9.16. The second-order valence-corrected chi connectivity index (χ2v) is 7.99. The van der Waals surface area contributed by atoms with Crippen LogP contribution in [0.25, 0.3) is 0 Å². The average Bonchev–Trinajstić information content (AvgIpc) is 2.42. The van der Waals surface area contributed by atoms with Gasteiger partial charge in [-0.3, -0.25) is 0 Å². The number of carbonyl (C=O) groups excluding carboxylic acids is 1. The number of aliphatic hydroxyl groups is 1. The number of ether oxygens (including phenoxy) is 1. The van der Waals surface area contributed by atoms with Crippen molar-refractivity contribution in [1.82, 2.24) is 10.2 Å². The monoisotopic (exact) mass is 328 g/mol. The standard InChI is InChI=1S/C18H36N2O3/c1-14(19-10-6-7-15(2)21)13-16-8-11-20(12-9-16)17(22)23-18(3,4)5/h14-16,19,21H,6-13H2,1-5H3. The number of rotatable bonds is 7. The maximum Gasteiger partial charge on any atom is 0.410 e. The molecular formula is C18H36N2O3. The molecule has 0 saturated carbocycles. The first-order chi connectivity index (χ1) is 10.7. The zero-order valence-corrected chi connectivity index (χ0v) is 15.6. The summed E-state index contributed by atoms with van der Waals surface area (Å²) in [5.41, 5.74) is -0.418. The molecule has 0 spiro atoms. The molecule has 1 saturated heterocycles. The van der Waals surface area contributed by atoms with Crippen LogP contribution in [0.5, 0.6) is 0 Å². The highest BCUT2D eigenvalue weighted by Crippen LogP contribution is 2.23. The number of likely N-dealkylation sites (tertiary alicyclic amines) is 1. The first kappa shape index (κ1) is 20.2. The van der Waals surface area contributed by atoms with Gasteiger partial charge in [0, 0.05) is 19.1 Å². The molecule has 2 unspecified atom stereocenters. The summed E-state index contributed by atoms with van der Waals surface area (Å²) in [7, 11) is 0. The second kappa shape index (κ2) is 9.48. The van der Waals surface area contributed by atoms with E-state index in [1.807, 2.05) is 32.6 Å². The van der Waals surface area contributed by atoms with Gasteiger partial charge >= 0.3 is 6.09 Å². The van der Waals surface area contributed by atoms with Crippen molar-refractivity contribution in [2.45, 2.75) is 84.5 Å². The van der Waals surface area contributed by atoms with E-state index >= 15 is 0 Å². The third-order valence-corrected chi connectivity index (χ3v) is 4.24. The summed E-state index contributed by atoms with van der Waals surface area (Å²) in [5, 5.41) is 12.8. The van der Waals surface area contributed by atoms with Gasteiger partial charge in [-0.15, -0.1) is 0 Å². The van der Waals surface area contributed by atoms with E-state index < -0.39 is 5.60 Å². The maximum absolute atomic E-state index is 12.0. The fourth-order valence-electron chi connectivity index (χ4n) is 3.01. The molecule has 5 nitrogen and oxygen atoms in total. The van der Waals surface area contributed by atoms with E-state index in [-0.39, 0.29) is 12.2 Å². The van der Waals surface area contributed by atoms with Crippen LogP contribution in [0, 0.1) is 5.92 Å². The summed E-state index contributed by atoms with van der Waals surface area (Å²) in [6.45, 7) is 12.3. The zero-order chi connectivity index (χ0) is 17.5. The molecule has 2 N–H and O–H groups in total. The van der Waals surface area contributed by atoms with Gasteiger partial charge in [0.25, 0.3) is 0 Å². The molecule has 5 heteroatoms. The van der Waals surface area contributed by atoms with Crippen LogP contribution in [-0.4, -0.2) is 53.5 Å². The lowest BCUT2D eigenvalue weighted by molar-refractivity contribution is 0.0178. The molecule has 0 bridgehead atoms. The molecule has 1 aliphatic rings. The molecule has 1 heterocycles. The predicted octanol–water partition coefficient (Wildman–Crippen LogP) is 3.16. The second-order valence-electron chi connectivity index (χ2n) is 7.99. The van der Waals surface area contributed by atoms with Gasteiger partial charge in [0.05, 0.1) is 6.10 Å². The molecule has 0 radical (unpaired) electrons. The van der Waals surface area contributed by atoms with Gasteiger partial charge in [-0.2, -0.15) is 0 Å². The van der Waals surface area contributed by atoms with E-state index in [9.17, 15) is 9.90 Å². The Labute approximate surface area is 141 Å². The number of nitrogens with one attached hydrogen (secondary N) is 1. The summed E-state index contributed by atoms with van der Waals surface area (Å²) in [4.78, 5) is 13.9. The van der Waals surface area contributed by atoms with E-state index in [0.29, 0.717) is 12.0 Å². The van der Waals surface area contributed by atoms with E-state index in [4.69, 9.17) is 4.74 Å². The Balaban J connectivity index is 2.19. The number of carbonyl (C=O) groups is 1. The summed E-state index contributed by atoms with van der Waals surface area (Å²) in [6.07, 6.45) is 4.74. The smallest absolute Gasteiger partial charge is 0.410 e. The lowest BCUT2D eigenvalue weighted by atomic mass is 9.91.